The van der Waals surface area contributed by atoms with Gasteiger partial charge >= 0.3 is 0 Å². The van der Waals surface area contributed by atoms with Crippen molar-refractivity contribution >= 4 is 23.8 Å². The number of benzene rings is 2. The summed E-state index contributed by atoms with van der Waals surface area (Å²) in [5, 5.41) is 0. The number of nitrogen functional groups attached to an aromatic ring is 2. The van der Waals surface area contributed by atoms with Crippen LogP contribution >= 0.6 is 12.4 Å². The molecule has 19 heavy (non-hydrogen) atoms. The lowest BCUT2D eigenvalue weighted by Gasteiger charge is -1.97. The number of methoxy groups -OCH3 is 2. The molecule has 0 atom stereocenters. The van der Waals surface area contributed by atoms with Gasteiger partial charge in [0.2, 0.25) is 0 Å². The van der Waals surface area contributed by atoms with Crippen molar-refractivity contribution in [3.05, 3.63) is 48.5 Å². The third-order valence-corrected chi connectivity index (χ3v) is 2.23. The fourth-order valence-electron chi connectivity index (χ4n) is 1.21. The van der Waals surface area contributed by atoms with Crippen molar-refractivity contribution in [2.75, 3.05) is 25.7 Å². The maximum Gasteiger partial charge on any atom is 0.119 e. The molecule has 0 saturated carbocycles. The first-order valence-corrected chi connectivity index (χ1v) is 5.44. The van der Waals surface area contributed by atoms with Crippen molar-refractivity contribution in [3.63, 3.8) is 0 Å². The van der Waals surface area contributed by atoms with Crippen LogP contribution in [-0.2, 0) is 0 Å². The van der Waals surface area contributed by atoms with Gasteiger partial charge in [0.25, 0.3) is 0 Å². The summed E-state index contributed by atoms with van der Waals surface area (Å²) in [7, 11) is 3.26. The Labute approximate surface area is 119 Å². The minimum Gasteiger partial charge on any atom is -0.497 e. The fourth-order valence-corrected chi connectivity index (χ4v) is 1.21. The summed E-state index contributed by atoms with van der Waals surface area (Å²) in [4.78, 5) is 0. The molecule has 2 aromatic rings. The Kier molecular flexibility index (Phi) is 7.97. The van der Waals surface area contributed by atoms with Gasteiger partial charge in [-0.2, -0.15) is 0 Å². The van der Waals surface area contributed by atoms with Crippen LogP contribution in [0.2, 0.25) is 0 Å². The monoisotopic (exact) mass is 282 g/mol. The van der Waals surface area contributed by atoms with E-state index in [2.05, 4.69) is 0 Å². The molecule has 2 rings (SSSR count). The molecule has 0 aromatic heterocycles. The zero-order valence-corrected chi connectivity index (χ0v) is 11.8. The van der Waals surface area contributed by atoms with Crippen LogP contribution in [0, 0.1) is 0 Å². The summed E-state index contributed by atoms with van der Waals surface area (Å²) in [5.74, 6) is 1.67. The van der Waals surface area contributed by atoms with Crippen LogP contribution in [0.1, 0.15) is 0 Å². The molecule has 4 nitrogen and oxygen atoms in total. The number of anilines is 2. The predicted molar refractivity (Wildman–Crippen MR) is 82.1 cm³/mol. The molecule has 2 aromatic carbocycles. The molecule has 0 amide bonds. The van der Waals surface area contributed by atoms with E-state index < -0.39 is 0 Å². The standard InChI is InChI=1S/2C7H9NO.ClH/c2*1-9-7-4-2-6(8)3-5-7;/h2*2-5H,8H2,1H3;1H. The highest BCUT2D eigenvalue weighted by atomic mass is 35.5. The first-order valence-electron chi connectivity index (χ1n) is 5.44. The van der Waals surface area contributed by atoms with E-state index in [4.69, 9.17) is 20.9 Å². The van der Waals surface area contributed by atoms with Crippen LogP contribution < -0.4 is 20.9 Å². The molecule has 0 unspecified atom stereocenters. The molecule has 0 heterocycles. The highest BCUT2D eigenvalue weighted by Gasteiger charge is 1.86. The third kappa shape index (κ3) is 6.43. The molecule has 0 saturated heterocycles. The van der Waals surface area contributed by atoms with Crippen LogP contribution in [0.3, 0.4) is 0 Å². The van der Waals surface area contributed by atoms with Crippen LogP contribution in [-0.4, -0.2) is 14.2 Å². The van der Waals surface area contributed by atoms with Gasteiger partial charge in [-0.3, -0.25) is 0 Å². The van der Waals surface area contributed by atoms with E-state index >= 15 is 0 Å². The zero-order chi connectivity index (χ0) is 13.4. The number of hydrogen-bond donors (Lipinski definition) is 2. The summed E-state index contributed by atoms with van der Waals surface area (Å²) >= 11 is 0. The van der Waals surface area contributed by atoms with E-state index in [0.717, 1.165) is 22.9 Å². The predicted octanol–water partition coefficient (Wildman–Crippen LogP) is 2.98. The van der Waals surface area contributed by atoms with Gasteiger partial charge in [0.05, 0.1) is 14.2 Å². The Bertz CT molecular complexity index is 412. The fraction of sp³-hybridized carbons (Fsp3) is 0.143. The summed E-state index contributed by atoms with van der Waals surface area (Å²) in [6, 6.07) is 14.5. The molecule has 5 heteroatoms. The second kappa shape index (κ2) is 8.94. The molecule has 0 aliphatic heterocycles. The Balaban J connectivity index is 0.000000324. The number of halogens is 1. The minimum absolute atomic E-state index is 0. The summed E-state index contributed by atoms with van der Waals surface area (Å²) in [6.07, 6.45) is 0. The van der Waals surface area contributed by atoms with Gasteiger partial charge in [-0.05, 0) is 48.5 Å². The maximum atomic E-state index is 5.43. The van der Waals surface area contributed by atoms with Crippen molar-refractivity contribution in [1.82, 2.24) is 0 Å². The highest BCUT2D eigenvalue weighted by Crippen LogP contribution is 2.12. The Morgan fingerprint density at radius 2 is 0.895 bits per heavy atom. The SMILES string of the molecule is COc1ccc(N)cc1.COc1ccc(N)cc1.Cl. The quantitative estimate of drug-likeness (QED) is 0.831. The van der Waals surface area contributed by atoms with Gasteiger partial charge in [-0.15, -0.1) is 12.4 Å². The second-order valence-electron chi connectivity index (χ2n) is 3.55. The molecule has 104 valence electrons. The van der Waals surface area contributed by atoms with Crippen molar-refractivity contribution in [2.45, 2.75) is 0 Å². The average molecular weight is 283 g/mol. The average Bonchev–Trinajstić information content (AvgIpc) is 2.41. The Morgan fingerprint density at radius 1 is 0.632 bits per heavy atom. The minimum atomic E-state index is 0. The van der Waals surface area contributed by atoms with Crippen molar-refractivity contribution < 1.29 is 9.47 Å². The van der Waals surface area contributed by atoms with Gasteiger partial charge in [-0.25, -0.2) is 0 Å². The largest absolute Gasteiger partial charge is 0.497 e. The number of ether oxygens (including phenoxy) is 2. The van der Waals surface area contributed by atoms with E-state index in [1.165, 1.54) is 0 Å². The molecular formula is C14H19ClN2O2. The van der Waals surface area contributed by atoms with Crippen molar-refractivity contribution in [1.29, 1.82) is 0 Å². The summed E-state index contributed by atoms with van der Waals surface area (Å²) < 4.78 is 9.83. The van der Waals surface area contributed by atoms with Crippen LogP contribution in [0.5, 0.6) is 11.5 Å². The van der Waals surface area contributed by atoms with Gasteiger partial charge in [0.15, 0.2) is 0 Å². The Morgan fingerprint density at radius 3 is 1.11 bits per heavy atom. The molecular weight excluding hydrogens is 264 g/mol. The lowest BCUT2D eigenvalue weighted by atomic mass is 10.3. The second-order valence-corrected chi connectivity index (χ2v) is 3.55. The van der Waals surface area contributed by atoms with Gasteiger partial charge in [-0.1, -0.05) is 0 Å². The molecule has 0 bridgehead atoms. The van der Waals surface area contributed by atoms with E-state index in [1.807, 2.05) is 24.3 Å². The Hall–Kier alpha value is -2.07. The molecule has 0 spiro atoms. The number of nitrogens with two attached hydrogens (primary N) is 2. The highest BCUT2D eigenvalue weighted by molar-refractivity contribution is 5.85. The van der Waals surface area contributed by atoms with Gasteiger partial charge in [0.1, 0.15) is 11.5 Å². The van der Waals surface area contributed by atoms with Crippen LogP contribution in [0.15, 0.2) is 48.5 Å². The first kappa shape index (κ1) is 16.9. The molecule has 0 fully saturated rings. The van der Waals surface area contributed by atoms with E-state index in [9.17, 15) is 0 Å². The molecule has 0 aliphatic rings. The van der Waals surface area contributed by atoms with Crippen LogP contribution in [0.25, 0.3) is 0 Å². The lowest BCUT2D eigenvalue weighted by Crippen LogP contribution is -1.84. The topological polar surface area (TPSA) is 70.5 Å². The van der Waals surface area contributed by atoms with E-state index in [0.29, 0.717) is 0 Å². The number of hydrogen-bond acceptors (Lipinski definition) is 4. The van der Waals surface area contributed by atoms with Gasteiger partial charge in [0, 0.05) is 11.4 Å². The molecule has 0 radical (unpaired) electrons. The van der Waals surface area contributed by atoms with Crippen molar-refractivity contribution in [2.24, 2.45) is 0 Å². The summed E-state index contributed by atoms with van der Waals surface area (Å²) in [5.41, 5.74) is 12.4. The third-order valence-electron chi connectivity index (χ3n) is 2.23. The van der Waals surface area contributed by atoms with Crippen molar-refractivity contribution in [3.8, 4) is 11.5 Å². The van der Waals surface area contributed by atoms with Gasteiger partial charge < -0.3 is 20.9 Å². The normalized spacial score (nSPS) is 8.53. The first-order chi connectivity index (χ1) is 8.65. The smallest absolute Gasteiger partial charge is 0.119 e. The van der Waals surface area contributed by atoms with E-state index in [1.54, 1.807) is 38.5 Å². The molecule has 0 aliphatic carbocycles. The lowest BCUT2D eigenvalue weighted by molar-refractivity contribution is 0.415. The molecule has 4 N–H and O–H groups in total. The maximum absolute atomic E-state index is 5.43. The van der Waals surface area contributed by atoms with E-state index in [-0.39, 0.29) is 12.4 Å². The number of rotatable bonds is 2. The zero-order valence-electron chi connectivity index (χ0n) is 11.0. The summed E-state index contributed by atoms with van der Waals surface area (Å²) in [6.45, 7) is 0. The van der Waals surface area contributed by atoms with Crippen LogP contribution in [0.4, 0.5) is 11.4 Å².